The SMILES string of the molecule is O=C(O)c1cnc(NC(CCO)C2CCOCC2)cn1. The third-order valence-electron chi connectivity index (χ3n) is 3.48. The van der Waals surface area contributed by atoms with Crippen LogP contribution in [0.1, 0.15) is 29.8 Å². The minimum atomic E-state index is -1.10. The Morgan fingerprint density at radius 1 is 1.40 bits per heavy atom. The van der Waals surface area contributed by atoms with Gasteiger partial charge in [-0.3, -0.25) is 0 Å². The molecular formula is C13H19N3O4. The maximum atomic E-state index is 10.7. The number of aromatic nitrogens is 2. The molecular weight excluding hydrogens is 262 g/mol. The molecule has 1 atom stereocenters. The molecule has 0 radical (unpaired) electrons. The lowest BCUT2D eigenvalue weighted by atomic mass is 9.90. The number of anilines is 1. The van der Waals surface area contributed by atoms with Crippen LogP contribution < -0.4 is 5.32 Å². The van der Waals surface area contributed by atoms with E-state index in [2.05, 4.69) is 15.3 Å². The smallest absolute Gasteiger partial charge is 0.356 e. The molecule has 0 spiro atoms. The highest BCUT2D eigenvalue weighted by molar-refractivity contribution is 5.84. The molecule has 0 amide bonds. The van der Waals surface area contributed by atoms with Crippen molar-refractivity contribution in [3.63, 3.8) is 0 Å². The molecule has 1 aliphatic heterocycles. The zero-order valence-electron chi connectivity index (χ0n) is 11.2. The van der Waals surface area contributed by atoms with E-state index in [0.717, 1.165) is 26.1 Å². The molecule has 0 aromatic carbocycles. The highest BCUT2D eigenvalue weighted by Gasteiger charge is 2.24. The van der Waals surface area contributed by atoms with E-state index in [1.165, 1.54) is 12.4 Å². The first-order chi connectivity index (χ1) is 9.70. The summed E-state index contributed by atoms with van der Waals surface area (Å²) in [5, 5.41) is 21.2. The molecule has 1 aromatic heterocycles. The summed E-state index contributed by atoms with van der Waals surface area (Å²) in [5.41, 5.74) is -0.0830. The lowest BCUT2D eigenvalue weighted by molar-refractivity contribution is 0.0577. The number of carboxylic acids is 1. The topological polar surface area (TPSA) is 105 Å². The molecule has 2 rings (SSSR count). The Hall–Kier alpha value is -1.73. The predicted molar refractivity (Wildman–Crippen MR) is 71.6 cm³/mol. The van der Waals surface area contributed by atoms with Crippen molar-refractivity contribution in [2.45, 2.75) is 25.3 Å². The molecule has 0 bridgehead atoms. The van der Waals surface area contributed by atoms with Crippen LogP contribution >= 0.6 is 0 Å². The lowest BCUT2D eigenvalue weighted by Gasteiger charge is -2.30. The van der Waals surface area contributed by atoms with Crippen molar-refractivity contribution in [2.24, 2.45) is 5.92 Å². The van der Waals surface area contributed by atoms with Gasteiger partial charge in [-0.1, -0.05) is 0 Å². The maximum Gasteiger partial charge on any atom is 0.356 e. The van der Waals surface area contributed by atoms with Crippen LogP contribution in [0.4, 0.5) is 5.82 Å². The summed E-state index contributed by atoms with van der Waals surface area (Å²) < 4.78 is 5.34. The molecule has 1 fully saturated rings. The number of aliphatic hydroxyl groups is 1. The van der Waals surface area contributed by atoms with Gasteiger partial charge in [0, 0.05) is 25.9 Å². The summed E-state index contributed by atoms with van der Waals surface area (Å²) in [5.74, 6) is -0.155. The lowest BCUT2D eigenvalue weighted by Crippen LogP contribution is -2.34. The van der Waals surface area contributed by atoms with Crippen molar-refractivity contribution in [3.05, 3.63) is 18.1 Å². The van der Waals surface area contributed by atoms with Gasteiger partial charge in [-0.15, -0.1) is 0 Å². The van der Waals surface area contributed by atoms with Crippen molar-refractivity contribution in [3.8, 4) is 0 Å². The average molecular weight is 281 g/mol. The minimum Gasteiger partial charge on any atom is -0.476 e. The third kappa shape index (κ3) is 3.88. The molecule has 1 saturated heterocycles. The normalized spacial score (nSPS) is 17.6. The Kier molecular flexibility index (Phi) is 5.25. The van der Waals surface area contributed by atoms with Gasteiger partial charge >= 0.3 is 5.97 Å². The van der Waals surface area contributed by atoms with E-state index in [4.69, 9.17) is 9.84 Å². The fourth-order valence-corrected chi connectivity index (χ4v) is 2.39. The Labute approximate surface area is 117 Å². The van der Waals surface area contributed by atoms with Gasteiger partial charge in [0.2, 0.25) is 0 Å². The molecule has 20 heavy (non-hydrogen) atoms. The summed E-state index contributed by atoms with van der Waals surface area (Å²) >= 11 is 0. The number of carboxylic acid groups (broad SMARTS) is 1. The van der Waals surface area contributed by atoms with Crippen LogP contribution in [0.25, 0.3) is 0 Å². The highest BCUT2D eigenvalue weighted by atomic mass is 16.5. The monoisotopic (exact) mass is 281 g/mol. The Balaban J connectivity index is 2.01. The van der Waals surface area contributed by atoms with Crippen LogP contribution in [0.3, 0.4) is 0 Å². The van der Waals surface area contributed by atoms with Gasteiger partial charge in [-0.05, 0) is 25.2 Å². The molecule has 1 aromatic rings. The summed E-state index contributed by atoms with van der Waals surface area (Å²) in [6.07, 6.45) is 5.14. The quantitative estimate of drug-likeness (QED) is 0.707. The molecule has 7 nitrogen and oxygen atoms in total. The van der Waals surface area contributed by atoms with E-state index < -0.39 is 5.97 Å². The first-order valence-corrected chi connectivity index (χ1v) is 6.71. The van der Waals surface area contributed by atoms with Crippen LogP contribution in [-0.2, 0) is 4.74 Å². The average Bonchev–Trinajstić information content (AvgIpc) is 2.48. The molecule has 0 saturated carbocycles. The van der Waals surface area contributed by atoms with E-state index in [1.54, 1.807) is 0 Å². The summed E-state index contributed by atoms with van der Waals surface area (Å²) in [6, 6.07) is 0.0916. The van der Waals surface area contributed by atoms with Crippen molar-refractivity contribution >= 4 is 11.8 Å². The number of carbonyl (C=O) groups is 1. The Morgan fingerprint density at radius 3 is 2.70 bits per heavy atom. The standard InChI is InChI=1S/C13H19N3O4/c17-4-1-10(9-2-5-20-6-3-9)16-12-8-14-11(7-15-12)13(18)19/h7-10,17H,1-6H2,(H,15,16)(H,18,19). The molecule has 7 heteroatoms. The molecule has 1 aliphatic rings. The van der Waals surface area contributed by atoms with Gasteiger partial charge in [0.25, 0.3) is 0 Å². The third-order valence-corrected chi connectivity index (χ3v) is 3.48. The maximum absolute atomic E-state index is 10.7. The predicted octanol–water partition coefficient (Wildman–Crippen LogP) is 0.764. The van der Waals surface area contributed by atoms with Crippen molar-refractivity contribution in [1.82, 2.24) is 9.97 Å². The minimum absolute atomic E-state index is 0.0830. The van der Waals surface area contributed by atoms with Gasteiger partial charge in [0.15, 0.2) is 5.69 Å². The fourth-order valence-electron chi connectivity index (χ4n) is 2.39. The van der Waals surface area contributed by atoms with Crippen LogP contribution in [0.15, 0.2) is 12.4 Å². The van der Waals surface area contributed by atoms with E-state index >= 15 is 0 Å². The zero-order chi connectivity index (χ0) is 14.4. The number of hydrogen-bond acceptors (Lipinski definition) is 6. The molecule has 0 aliphatic carbocycles. The highest BCUT2D eigenvalue weighted by Crippen LogP contribution is 2.23. The summed E-state index contributed by atoms with van der Waals surface area (Å²) in [4.78, 5) is 18.6. The summed E-state index contributed by atoms with van der Waals surface area (Å²) in [6.45, 7) is 1.56. The van der Waals surface area contributed by atoms with E-state index in [1.807, 2.05) is 0 Å². The van der Waals surface area contributed by atoms with Crippen molar-refractivity contribution < 1.29 is 19.7 Å². The second-order valence-electron chi connectivity index (χ2n) is 4.80. The van der Waals surface area contributed by atoms with Gasteiger partial charge in [0.1, 0.15) is 5.82 Å². The molecule has 1 unspecified atom stereocenters. The number of hydrogen-bond donors (Lipinski definition) is 3. The number of ether oxygens (including phenoxy) is 1. The van der Waals surface area contributed by atoms with Gasteiger partial charge in [0.05, 0.1) is 12.4 Å². The Morgan fingerprint density at radius 2 is 2.15 bits per heavy atom. The number of aromatic carboxylic acids is 1. The van der Waals surface area contributed by atoms with Gasteiger partial charge in [-0.25, -0.2) is 14.8 Å². The fraction of sp³-hybridized carbons (Fsp3) is 0.615. The van der Waals surface area contributed by atoms with Crippen LogP contribution in [-0.4, -0.2) is 52.0 Å². The molecule has 2 heterocycles. The molecule has 3 N–H and O–H groups in total. The number of nitrogens with zero attached hydrogens (tertiary/aromatic N) is 2. The summed E-state index contributed by atoms with van der Waals surface area (Å²) in [7, 11) is 0. The molecule has 110 valence electrons. The number of nitrogens with one attached hydrogen (secondary N) is 1. The van der Waals surface area contributed by atoms with Gasteiger partial charge < -0.3 is 20.3 Å². The second-order valence-corrected chi connectivity index (χ2v) is 4.80. The number of aliphatic hydroxyl groups excluding tert-OH is 1. The zero-order valence-corrected chi connectivity index (χ0v) is 11.2. The largest absolute Gasteiger partial charge is 0.476 e. The van der Waals surface area contributed by atoms with Crippen molar-refractivity contribution in [1.29, 1.82) is 0 Å². The van der Waals surface area contributed by atoms with Crippen LogP contribution in [0.2, 0.25) is 0 Å². The van der Waals surface area contributed by atoms with E-state index in [0.29, 0.717) is 18.2 Å². The first-order valence-electron chi connectivity index (χ1n) is 6.71. The van der Waals surface area contributed by atoms with E-state index in [9.17, 15) is 9.90 Å². The van der Waals surface area contributed by atoms with Gasteiger partial charge in [-0.2, -0.15) is 0 Å². The second kappa shape index (κ2) is 7.16. The first kappa shape index (κ1) is 14.7. The number of rotatable bonds is 6. The van der Waals surface area contributed by atoms with Crippen molar-refractivity contribution in [2.75, 3.05) is 25.1 Å². The van der Waals surface area contributed by atoms with Crippen LogP contribution in [0, 0.1) is 5.92 Å². The van der Waals surface area contributed by atoms with Crippen LogP contribution in [0.5, 0.6) is 0 Å². The van der Waals surface area contributed by atoms with E-state index in [-0.39, 0.29) is 18.3 Å². The Bertz CT molecular complexity index is 432.